The second kappa shape index (κ2) is 10.6. The normalized spacial score (nSPS) is 18.7. The fourth-order valence-electron chi connectivity index (χ4n) is 6.12. The smallest absolute Gasteiger partial charge is 0.412 e. The van der Waals surface area contributed by atoms with Crippen LogP contribution < -0.4 is 16.6 Å². The number of piperidine rings is 1. The van der Waals surface area contributed by atoms with Crippen LogP contribution in [0.3, 0.4) is 0 Å². The van der Waals surface area contributed by atoms with E-state index in [-0.39, 0.29) is 53.3 Å². The van der Waals surface area contributed by atoms with Crippen LogP contribution >= 0.6 is 11.6 Å². The van der Waals surface area contributed by atoms with Crippen molar-refractivity contribution >= 4 is 46.1 Å². The summed E-state index contributed by atoms with van der Waals surface area (Å²) in [7, 11) is 0. The maximum Gasteiger partial charge on any atom is 0.412 e. The highest BCUT2D eigenvalue weighted by molar-refractivity contribution is 6.31. The van der Waals surface area contributed by atoms with Crippen molar-refractivity contribution in [2.45, 2.75) is 30.9 Å². The molecular weight excluding hydrogens is 563 g/mol. The number of nitrogens with zero attached hydrogens (tertiary/aromatic N) is 2. The Bertz CT molecular complexity index is 1810. The van der Waals surface area contributed by atoms with Gasteiger partial charge in [-0.3, -0.25) is 24.3 Å². The van der Waals surface area contributed by atoms with Crippen LogP contribution in [0.5, 0.6) is 0 Å². The van der Waals surface area contributed by atoms with Gasteiger partial charge in [-0.2, -0.15) is 0 Å². The van der Waals surface area contributed by atoms with Crippen molar-refractivity contribution in [3.8, 4) is 0 Å². The van der Waals surface area contributed by atoms with Crippen molar-refractivity contribution in [1.82, 2.24) is 9.47 Å². The predicted octanol–water partition coefficient (Wildman–Crippen LogP) is 4.76. The van der Waals surface area contributed by atoms with Crippen molar-refractivity contribution in [3.63, 3.8) is 0 Å². The van der Waals surface area contributed by atoms with E-state index in [9.17, 15) is 19.2 Å². The molecule has 1 fully saturated rings. The number of rotatable bonds is 5. The van der Waals surface area contributed by atoms with E-state index in [0.29, 0.717) is 11.8 Å². The molecule has 1 spiro atoms. The monoisotopic (exact) mass is 588 g/mol. The van der Waals surface area contributed by atoms with Gasteiger partial charge in [0.05, 0.1) is 33.9 Å². The molecule has 1 aromatic heterocycles. The van der Waals surface area contributed by atoms with E-state index >= 15 is 4.39 Å². The zero-order valence-electron chi connectivity index (χ0n) is 22.3. The number of carbonyl (C=O) groups is 3. The molecule has 3 heterocycles. The number of para-hydroxylation sites is 1. The van der Waals surface area contributed by atoms with E-state index in [1.807, 2.05) is 30.3 Å². The number of aromatic nitrogens is 1. The Balaban J connectivity index is 1.49. The summed E-state index contributed by atoms with van der Waals surface area (Å²) in [6, 6.07) is 18.7. The second-order valence-electron chi connectivity index (χ2n) is 10.5. The number of nitrogens with one attached hydrogen (secondary N) is 1. The minimum Gasteiger partial charge on any atom is -0.436 e. The number of carbonyl (C=O) groups excluding carboxylic acids is 3. The van der Waals surface area contributed by atoms with Crippen LogP contribution in [0.2, 0.25) is 5.02 Å². The lowest BCUT2D eigenvalue weighted by atomic mass is 9.82. The van der Waals surface area contributed by atoms with E-state index in [4.69, 9.17) is 22.1 Å². The number of anilines is 1. The minimum absolute atomic E-state index is 0.0741. The van der Waals surface area contributed by atoms with Crippen molar-refractivity contribution in [2.75, 3.05) is 18.4 Å². The average Bonchev–Trinajstić information content (AvgIpc) is 2.97. The summed E-state index contributed by atoms with van der Waals surface area (Å²) < 4.78 is 22.5. The lowest BCUT2D eigenvalue weighted by Crippen LogP contribution is -2.55. The molecule has 0 bridgehead atoms. The number of nitrogens with two attached hydrogens (primary N) is 1. The quantitative estimate of drug-likeness (QED) is 0.348. The van der Waals surface area contributed by atoms with Crippen molar-refractivity contribution in [3.05, 3.63) is 111 Å². The first-order valence-electron chi connectivity index (χ1n) is 13.4. The van der Waals surface area contributed by atoms with Gasteiger partial charge in [0.1, 0.15) is 6.04 Å². The molecule has 2 atom stereocenters. The molecule has 214 valence electrons. The van der Waals surface area contributed by atoms with Gasteiger partial charge < -0.3 is 15.4 Å². The summed E-state index contributed by atoms with van der Waals surface area (Å²) in [4.78, 5) is 54.5. The molecule has 0 radical (unpaired) electrons. The third kappa shape index (κ3) is 4.67. The van der Waals surface area contributed by atoms with Crippen LogP contribution in [0.1, 0.15) is 40.4 Å². The molecule has 3 amide bonds. The van der Waals surface area contributed by atoms with Crippen LogP contribution in [0.25, 0.3) is 10.9 Å². The summed E-state index contributed by atoms with van der Waals surface area (Å²) in [6.45, 7) is 0.119. The van der Waals surface area contributed by atoms with Gasteiger partial charge in [0.2, 0.25) is 5.91 Å². The average molecular weight is 589 g/mol. The Morgan fingerprint density at radius 3 is 2.60 bits per heavy atom. The van der Waals surface area contributed by atoms with E-state index in [1.54, 1.807) is 18.2 Å². The molecule has 2 aliphatic heterocycles. The Morgan fingerprint density at radius 2 is 1.83 bits per heavy atom. The van der Waals surface area contributed by atoms with Crippen molar-refractivity contribution in [1.29, 1.82) is 0 Å². The van der Waals surface area contributed by atoms with Crippen molar-refractivity contribution < 1.29 is 23.5 Å². The lowest BCUT2D eigenvalue weighted by Gasteiger charge is -2.45. The summed E-state index contributed by atoms with van der Waals surface area (Å²) in [5.41, 5.74) is 5.14. The van der Waals surface area contributed by atoms with Gasteiger partial charge in [0.25, 0.3) is 11.5 Å². The topological polar surface area (TPSA) is 124 Å². The summed E-state index contributed by atoms with van der Waals surface area (Å²) >= 11 is 6.12. The minimum atomic E-state index is -1.49. The molecule has 4 aromatic rings. The first-order chi connectivity index (χ1) is 20.2. The zero-order valence-corrected chi connectivity index (χ0v) is 23.1. The van der Waals surface area contributed by atoms with Gasteiger partial charge in [-0.15, -0.1) is 0 Å². The highest BCUT2D eigenvalue weighted by Gasteiger charge is 2.49. The molecular formula is C31H26ClFN4O5. The van der Waals surface area contributed by atoms with E-state index in [1.165, 1.54) is 33.7 Å². The fourth-order valence-corrected chi connectivity index (χ4v) is 6.28. The van der Waals surface area contributed by atoms with Gasteiger partial charge in [0, 0.05) is 19.0 Å². The third-order valence-electron chi connectivity index (χ3n) is 7.93. The Morgan fingerprint density at radius 1 is 1.05 bits per heavy atom. The maximum absolute atomic E-state index is 15.5. The first-order valence-corrected chi connectivity index (χ1v) is 13.8. The highest BCUT2D eigenvalue weighted by Crippen LogP contribution is 2.45. The zero-order chi connectivity index (χ0) is 29.6. The Labute approximate surface area is 244 Å². The summed E-state index contributed by atoms with van der Waals surface area (Å²) in [5, 5.41) is 2.94. The Hall–Kier alpha value is -4.70. The number of halogens is 2. The molecule has 11 heteroatoms. The van der Waals surface area contributed by atoms with E-state index < -0.39 is 40.9 Å². The van der Waals surface area contributed by atoms with Crippen LogP contribution in [-0.4, -0.2) is 40.5 Å². The molecule has 6 rings (SSSR count). The number of benzene rings is 3. The standard InChI is InChI=1S/C31H26ClFN4O5/c32-21-11-12-22-25(26(21)33)31(42-30(41)35-22)14-5-15-36(17-31)29(40)23(16-18-6-2-1-3-7-18)37-24(38)13-10-19-8-4-9-20(27(19)37)28(34)39/h1-4,6-13,23H,5,14-17H2,(H2,34,39)(H,35,41)/t23-,31-/m0/s1. The molecule has 2 aliphatic rings. The van der Waals surface area contributed by atoms with Gasteiger partial charge >= 0.3 is 6.09 Å². The number of likely N-dealkylation sites (tertiary alicyclic amines) is 1. The number of hydrogen-bond donors (Lipinski definition) is 2. The fraction of sp³-hybridized carbons (Fsp3) is 0.226. The molecule has 42 heavy (non-hydrogen) atoms. The van der Waals surface area contributed by atoms with Gasteiger partial charge in [0.15, 0.2) is 11.4 Å². The maximum atomic E-state index is 15.5. The number of amides is 3. The first kappa shape index (κ1) is 27.5. The van der Waals surface area contributed by atoms with Gasteiger partial charge in [-0.1, -0.05) is 54.1 Å². The predicted molar refractivity (Wildman–Crippen MR) is 155 cm³/mol. The van der Waals surface area contributed by atoms with Crippen LogP contribution in [-0.2, 0) is 21.6 Å². The molecule has 3 aromatic carbocycles. The molecule has 3 N–H and O–H groups in total. The number of hydrogen-bond acceptors (Lipinski definition) is 5. The van der Waals surface area contributed by atoms with E-state index in [2.05, 4.69) is 5.32 Å². The third-order valence-corrected chi connectivity index (χ3v) is 8.22. The van der Waals surface area contributed by atoms with Crippen molar-refractivity contribution in [2.24, 2.45) is 5.73 Å². The van der Waals surface area contributed by atoms with Crippen LogP contribution in [0.15, 0.2) is 77.6 Å². The number of ether oxygens (including phenoxy) is 1. The highest BCUT2D eigenvalue weighted by atomic mass is 35.5. The molecule has 0 aliphatic carbocycles. The van der Waals surface area contributed by atoms with Crippen LogP contribution in [0, 0.1) is 5.82 Å². The van der Waals surface area contributed by atoms with E-state index in [0.717, 1.165) is 5.56 Å². The number of primary amides is 1. The Kier molecular flexibility index (Phi) is 6.94. The number of fused-ring (bicyclic) bond motifs is 3. The second-order valence-corrected chi connectivity index (χ2v) is 10.9. The SMILES string of the molecule is NC(=O)c1cccc2ccc(=O)n([C@@H](Cc3ccccc3)C(=O)N3CCC[C@@]4(C3)OC(=O)Nc3ccc(Cl)c(F)c34)c12. The number of pyridine rings is 1. The molecule has 0 unspecified atom stereocenters. The molecule has 9 nitrogen and oxygen atoms in total. The van der Waals surface area contributed by atoms with Gasteiger partial charge in [-0.05, 0) is 48.1 Å². The lowest BCUT2D eigenvalue weighted by molar-refractivity contribution is -0.142. The summed E-state index contributed by atoms with van der Waals surface area (Å²) in [6.07, 6.45) is 0.000714. The van der Waals surface area contributed by atoms with Gasteiger partial charge in [-0.25, -0.2) is 9.18 Å². The summed E-state index contributed by atoms with van der Waals surface area (Å²) in [5.74, 6) is -1.93. The molecule has 0 saturated carbocycles. The molecule has 1 saturated heterocycles. The van der Waals surface area contributed by atoms with Crippen LogP contribution in [0.4, 0.5) is 14.9 Å². The largest absolute Gasteiger partial charge is 0.436 e.